The van der Waals surface area contributed by atoms with E-state index in [2.05, 4.69) is 59.2 Å². The number of hydrogen-bond donors (Lipinski definition) is 0. The molecule has 2 aromatic carbocycles. The fraction of sp³-hybridized carbons (Fsp3) is 0.333. The van der Waals surface area contributed by atoms with Gasteiger partial charge in [0.2, 0.25) is 11.7 Å². The molecule has 26 heavy (non-hydrogen) atoms. The molecule has 0 radical (unpaired) electrons. The van der Waals surface area contributed by atoms with Crippen molar-refractivity contribution in [1.29, 1.82) is 0 Å². The lowest BCUT2D eigenvalue weighted by Crippen LogP contribution is -2.25. The third-order valence-corrected chi connectivity index (χ3v) is 4.69. The Hall–Kier alpha value is -2.66. The number of benzene rings is 2. The van der Waals surface area contributed by atoms with Crippen molar-refractivity contribution in [3.63, 3.8) is 0 Å². The fourth-order valence-corrected chi connectivity index (χ4v) is 3.16. The quantitative estimate of drug-likeness (QED) is 0.704. The molecule has 1 aliphatic heterocycles. The maximum absolute atomic E-state index is 5.81. The summed E-state index contributed by atoms with van der Waals surface area (Å²) in [6, 6.07) is 16.5. The molecule has 5 heteroatoms. The maximum atomic E-state index is 5.81. The van der Waals surface area contributed by atoms with Crippen LogP contribution in [0.2, 0.25) is 0 Å². The van der Waals surface area contributed by atoms with Gasteiger partial charge in [0.05, 0.1) is 6.54 Å². The summed E-state index contributed by atoms with van der Waals surface area (Å²) in [6.07, 6.45) is 0. The van der Waals surface area contributed by atoms with Gasteiger partial charge >= 0.3 is 0 Å². The summed E-state index contributed by atoms with van der Waals surface area (Å²) in [5, 5.41) is 4.15. The predicted octanol–water partition coefficient (Wildman–Crippen LogP) is 4.25. The number of nitrogens with zero attached hydrogens (tertiary/aromatic N) is 3. The molecule has 1 aromatic heterocycles. The zero-order chi connectivity index (χ0) is 17.9. The monoisotopic (exact) mass is 349 g/mol. The van der Waals surface area contributed by atoms with Gasteiger partial charge in [-0.05, 0) is 17.5 Å². The van der Waals surface area contributed by atoms with Gasteiger partial charge in [-0.3, -0.25) is 4.90 Å². The standard InChI is InChI=1S/C21H23N3O2/c1-15(2)16-7-9-17(10-8-16)21-22-20(26-23-21)14-24-11-12-25-19-6-4-3-5-18(19)13-24/h3-10,15H,11-14H2,1-2H3. The highest BCUT2D eigenvalue weighted by atomic mass is 16.5. The Morgan fingerprint density at radius 3 is 2.69 bits per heavy atom. The minimum atomic E-state index is 0.512. The van der Waals surface area contributed by atoms with E-state index in [4.69, 9.17) is 9.26 Å². The van der Waals surface area contributed by atoms with Crippen LogP contribution in [0.5, 0.6) is 5.75 Å². The minimum Gasteiger partial charge on any atom is -0.492 e. The van der Waals surface area contributed by atoms with E-state index in [-0.39, 0.29) is 0 Å². The molecule has 2 heterocycles. The Labute approximate surface area is 153 Å². The van der Waals surface area contributed by atoms with Crippen molar-refractivity contribution in [1.82, 2.24) is 15.0 Å². The summed E-state index contributed by atoms with van der Waals surface area (Å²) in [4.78, 5) is 6.84. The van der Waals surface area contributed by atoms with E-state index < -0.39 is 0 Å². The van der Waals surface area contributed by atoms with Crippen molar-refractivity contribution in [2.45, 2.75) is 32.9 Å². The largest absolute Gasteiger partial charge is 0.492 e. The molecule has 0 atom stereocenters. The number of hydrogen-bond acceptors (Lipinski definition) is 5. The number of ether oxygens (including phenoxy) is 1. The lowest BCUT2D eigenvalue weighted by molar-refractivity contribution is 0.196. The highest BCUT2D eigenvalue weighted by Crippen LogP contribution is 2.24. The first-order chi connectivity index (χ1) is 12.7. The highest BCUT2D eigenvalue weighted by molar-refractivity contribution is 5.54. The SMILES string of the molecule is CC(C)c1ccc(-c2noc(CN3CCOc4ccccc4C3)n2)cc1. The Balaban J connectivity index is 1.47. The second-order valence-electron chi connectivity index (χ2n) is 6.96. The molecule has 5 nitrogen and oxygen atoms in total. The summed E-state index contributed by atoms with van der Waals surface area (Å²) in [6.45, 7) is 7.30. The van der Waals surface area contributed by atoms with Crippen LogP contribution in [-0.4, -0.2) is 28.2 Å². The molecule has 134 valence electrons. The van der Waals surface area contributed by atoms with Crippen molar-refractivity contribution < 1.29 is 9.26 Å². The van der Waals surface area contributed by atoms with Crippen molar-refractivity contribution >= 4 is 0 Å². The van der Waals surface area contributed by atoms with E-state index in [1.54, 1.807) is 0 Å². The molecule has 0 bridgehead atoms. The molecule has 0 N–H and O–H groups in total. The average Bonchev–Trinajstić information content (AvgIpc) is 3.01. The first-order valence-corrected chi connectivity index (χ1v) is 9.05. The van der Waals surface area contributed by atoms with Gasteiger partial charge in [-0.1, -0.05) is 61.5 Å². The van der Waals surface area contributed by atoms with Crippen molar-refractivity contribution in [2.75, 3.05) is 13.2 Å². The van der Waals surface area contributed by atoms with Crippen LogP contribution in [0.1, 0.15) is 36.8 Å². The molecule has 3 aromatic rings. The molecule has 1 aliphatic rings. The predicted molar refractivity (Wildman–Crippen MR) is 99.9 cm³/mol. The van der Waals surface area contributed by atoms with Crippen LogP contribution < -0.4 is 4.74 Å². The third-order valence-electron chi connectivity index (χ3n) is 4.69. The van der Waals surface area contributed by atoms with Crippen molar-refractivity contribution in [2.24, 2.45) is 0 Å². The Bertz CT molecular complexity index is 871. The molecule has 0 fully saturated rings. The molecule has 0 amide bonds. The second-order valence-corrected chi connectivity index (χ2v) is 6.96. The number of fused-ring (bicyclic) bond motifs is 1. The van der Waals surface area contributed by atoms with Crippen molar-refractivity contribution in [3.05, 3.63) is 65.5 Å². The first-order valence-electron chi connectivity index (χ1n) is 9.05. The van der Waals surface area contributed by atoms with E-state index in [0.717, 1.165) is 24.4 Å². The maximum Gasteiger partial charge on any atom is 0.241 e. The number of aromatic nitrogens is 2. The van der Waals surface area contributed by atoms with Crippen LogP contribution in [0.4, 0.5) is 0 Å². The van der Waals surface area contributed by atoms with Crippen LogP contribution in [-0.2, 0) is 13.1 Å². The van der Waals surface area contributed by atoms with Crippen LogP contribution in [0.25, 0.3) is 11.4 Å². The highest BCUT2D eigenvalue weighted by Gasteiger charge is 2.18. The van der Waals surface area contributed by atoms with E-state index >= 15 is 0 Å². The molecule has 0 spiro atoms. The van der Waals surface area contributed by atoms with E-state index in [1.807, 2.05) is 18.2 Å². The Morgan fingerprint density at radius 2 is 1.88 bits per heavy atom. The molecule has 0 saturated heterocycles. The average molecular weight is 349 g/mol. The molecular formula is C21H23N3O2. The lowest BCUT2D eigenvalue weighted by Gasteiger charge is -2.16. The fourth-order valence-electron chi connectivity index (χ4n) is 3.16. The summed E-state index contributed by atoms with van der Waals surface area (Å²) in [5.41, 5.74) is 3.48. The lowest BCUT2D eigenvalue weighted by atomic mass is 10.0. The van der Waals surface area contributed by atoms with Crippen LogP contribution in [0, 0.1) is 0 Å². The second kappa shape index (κ2) is 7.30. The van der Waals surface area contributed by atoms with Gasteiger partial charge in [-0.2, -0.15) is 4.98 Å². The molecule has 0 aliphatic carbocycles. The van der Waals surface area contributed by atoms with E-state index in [1.165, 1.54) is 11.1 Å². The summed E-state index contributed by atoms with van der Waals surface area (Å²) in [7, 11) is 0. The number of para-hydroxylation sites is 1. The summed E-state index contributed by atoms with van der Waals surface area (Å²) in [5.74, 6) is 2.75. The van der Waals surface area contributed by atoms with Crippen LogP contribution in [0.3, 0.4) is 0 Å². The topological polar surface area (TPSA) is 51.4 Å². The minimum absolute atomic E-state index is 0.512. The summed E-state index contributed by atoms with van der Waals surface area (Å²) < 4.78 is 11.3. The molecular weight excluding hydrogens is 326 g/mol. The zero-order valence-electron chi connectivity index (χ0n) is 15.2. The normalized spacial score (nSPS) is 14.7. The van der Waals surface area contributed by atoms with Gasteiger partial charge in [0.25, 0.3) is 0 Å². The van der Waals surface area contributed by atoms with Crippen LogP contribution in [0.15, 0.2) is 53.1 Å². The van der Waals surface area contributed by atoms with E-state index in [0.29, 0.717) is 30.8 Å². The first kappa shape index (κ1) is 16.8. The number of rotatable bonds is 4. The Kier molecular flexibility index (Phi) is 4.71. The van der Waals surface area contributed by atoms with Gasteiger partial charge in [0.1, 0.15) is 12.4 Å². The van der Waals surface area contributed by atoms with Gasteiger partial charge in [-0.25, -0.2) is 0 Å². The van der Waals surface area contributed by atoms with Crippen LogP contribution >= 0.6 is 0 Å². The Morgan fingerprint density at radius 1 is 1.08 bits per heavy atom. The molecule has 0 unspecified atom stereocenters. The molecule has 0 saturated carbocycles. The summed E-state index contributed by atoms with van der Waals surface area (Å²) >= 11 is 0. The van der Waals surface area contributed by atoms with E-state index in [9.17, 15) is 0 Å². The smallest absolute Gasteiger partial charge is 0.241 e. The zero-order valence-corrected chi connectivity index (χ0v) is 15.2. The van der Waals surface area contributed by atoms with Crippen molar-refractivity contribution in [3.8, 4) is 17.1 Å². The van der Waals surface area contributed by atoms with Gasteiger partial charge in [0.15, 0.2) is 0 Å². The van der Waals surface area contributed by atoms with Gasteiger partial charge < -0.3 is 9.26 Å². The van der Waals surface area contributed by atoms with Gasteiger partial charge in [-0.15, -0.1) is 0 Å². The third kappa shape index (κ3) is 3.63. The van der Waals surface area contributed by atoms with Gasteiger partial charge in [0, 0.05) is 24.2 Å². The molecule has 4 rings (SSSR count).